The molecule has 0 heterocycles. The van der Waals surface area contributed by atoms with Crippen LogP contribution < -0.4 is 0 Å². The van der Waals surface area contributed by atoms with Gasteiger partial charge in [-0.2, -0.15) is 0 Å². The third-order valence-corrected chi connectivity index (χ3v) is 10.2. The van der Waals surface area contributed by atoms with Crippen LogP contribution in [-0.2, 0) is 19.1 Å². The number of hydrogen-bond acceptors (Lipinski definition) is 6. The van der Waals surface area contributed by atoms with Gasteiger partial charge < -0.3 is 24.3 Å². The summed E-state index contributed by atoms with van der Waals surface area (Å²) in [5, 5.41) is 8.96. The lowest BCUT2D eigenvalue weighted by Crippen LogP contribution is -2.27. The molecule has 0 aromatic heterocycles. The minimum absolute atomic E-state index is 0.171. The third kappa shape index (κ3) is 55.5. The Hall–Kier alpha value is -0.980. The summed E-state index contributed by atoms with van der Waals surface area (Å²) >= 11 is 0. The van der Waals surface area contributed by atoms with Crippen molar-refractivity contribution in [1.29, 1.82) is 0 Å². The van der Waals surface area contributed by atoms with Crippen LogP contribution in [0.25, 0.3) is 0 Å². The highest BCUT2D eigenvalue weighted by atomic mass is 16.5. The van der Waals surface area contributed by atoms with Crippen LogP contribution in [0.4, 0.5) is 0 Å². The highest BCUT2D eigenvalue weighted by Crippen LogP contribution is 2.16. The Bertz CT molecular complexity index is 608. The van der Waals surface area contributed by atoms with E-state index >= 15 is 0 Å². The fourth-order valence-electron chi connectivity index (χ4n) is 6.71. The molecule has 0 rings (SSSR count). The predicted octanol–water partition coefficient (Wildman–Crippen LogP) is 14.0. The Morgan fingerprint density at radius 2 is 0.830 bits per heavy atom. The van der Waals surface area contributed by atoms with Gasteiger partial charge in [-0.1, -0.05) is 182 Å². The van der Waals surface area contributed by atoms with Gasteiger partial charge in [0.15, 0.2) is 0 Å². The molecule has 0 spiro atoms. The minimum Gasteiger partial charge on any atom is -0.465 e. The molecule has 0 unspecified atom stereocenters. The zero-order valence-electron chi connectivity index (χ0n) is 36.8. The summed E-state index contributed by atoms with van der Waals surface area (Å²) in [7, 11) is 1.78. The lowest BCUT2D eigenvalue weighted by molar-refractivity contribution is -0.134. The van der Waals surface area contributed by atoms with E-state index in [4.69, 9.17) is 14.6 Å². The number of carbonyl (C=O) groups excluding carboxylic acids is 2. The van der Waals surface area contributed by atoms with Gasteiger partial charge >= 0.3 is 0 Å². The molecule has 0 bridgehead atoms. The number of nitrogens with zero attached hydrogens (tertiary/aromatic N) is 1. The first-order valence-corrected chi connectivity index (χ1v) is 23.5. The number of ether oxygens (including phenoxy) is 2. The van der Waals surface area contributed by atoms with Crippen molar-refractivity contribution < 1.29 is 24.2 Å². The maximum absolute atomic E-state index is 10.5. The summed E-state index contributed by atoms with van der Waals surface area (Å²) in [6, 6.07) is 0. The molecule has 0 atom stereocenters. The van der Waals surface area contributed by atoms with E-state index in [9.17, 15) is 9.59 Å². The molecule has 0 saturated heterocycles. The van der Waals surface area contributed by atoms with Crippen LogP contribution in [0.5, 0.6) is 0 Å². The normalized spacial score (nSPS) is 10.9. The molecular formula is C47H97NO5. The average molecular weight is 756 g/mol. The van der Waals surface area contributed by atoms with Gasteiger partial charge in [-0.15, -0.1) is 0 Å². The van der Waals surface area contributed by atoms with Crippen LogP contribution >= 0.6 is 0 Å². The molecule has 0 fully saturated rings. The predicted molar refractivity (Wildman–Crippen MR) is 232 cm³/mol. The van der Waals surface area contributed by atoms with Crippen molar-refractivity contribution in [2.24, 2.45) is 0 Å². The van der Waals surface area contributed by atoms with Gasteiger partial charge in [0.2, 0.25) is 0 Å². The van der Waals surface area contributed by atoms with Crippen molar-refractivity contribution in [2.45, 2.75) is 252 Å². The Labute approximate surface area is 333 Å². The van der Waals surface area contributed by atoms with Gasteiger partial charge in [0.1, 0.15) is 12.4 Å². The number of aliphatic hydroxyl groups excluding tert-OH is 1. The monoisotopic (exact) mass is 756 g/mol. The average Bonchev–Trinajstić information content (AvgIpc) is 3.17. The summed E-state index contributed by atoms with van der Waals surface area (Å²) in [5.74, 6) is 0. The highest BCUT2D eigenvalue weighted by molar-refractivity contribution is 5.48. The quantitative estimate of drug-likeness (QED) is 0.0494. The molecule has 0 aliphatic heterocycles. The molecule has 0 aromatic carbocycles. The van der Waals surface area contributed by atoms with Crippen LogP contribution in [-0.4, -0.2) is 68.8 Å². The van der Waals surface area contributed by atoms with Crippen molar-refractivity contribution in [1.82, 2.24) is 4.90 Å². The molecule has 0 saturated carbocycles. The Morgan fingerprint density at radius 3 is 1.21 bits per heavy atom. The molecule has 320 valence electrons. The first-order valence-electron chi connectivity index (χ1n) is 23.5. The van der Waals surface area contributed by atoms with E-state index in [1.165, 1.54) is 186 Å². The number of carbonyl (C=O) groups is 2. The van der Waals surface area contributed by atoms with E-state index in [2.05, 4.69) is 32.6 Å². The van der Waals surface area contributed by atoms with Crippen LogP contribution in [0.1, 0.15) is 246 Å². The lowest BCUT2D eigenvalue weighted by Gasteiger charge is -2.21. The second-order valence-corrected chi connectivity index (χ2v) is 15.5. The first kappa shape index (κ1) is 56.4. The zero-order valence-corrected chi connectivity index (χ0v) is 36.8. The minimum atomic E-state index is 0.171. The van der Waals surface area contributed by atoms with Gasteiger partial charge in [-0.3, -0.25) is 4.79 Å². The van der Waals surface area contributed by atoms with Crippen LogP contribution in [0.2, 0.25) is 0 Å². The van der Waals surface area contributed by atoms with Crippen molar-refractivity contribution in [3.63, 3.8) is 0 Å². The maximum atomic E-state index is 10.5. The van der Waals surface area contributed by atoms with Gasteiger partial charge in [0, 0.05) is 33.3 Å². The number of hydrogen-bond donors (Lipinski definition) is 1. The fraction of sp³-hybridized carbons (Fsp3) is 0.957. The number of aldehydes is 1. The Balaban J connectivity index is -0.000000726. The largest absolute Gasteiger partial charge is 0.465 e. The third-order valence-electron chi connectivity index (χ3n) is 10.2. The molecule has 53 heavy (non-hydrogen) atoms. The van der Waals surface area contributed by atoms with Crippen molar-refractivity contribution in [3.05, 3.63) is 0 Å². The van der Waals surface area contributed by atoms with Gasteiger partial charge in [-0.25, -0.2) is 0 Å². The van der Waals surface area contributed by atoms with E-state index in [1.54, 1.807) is 7.11 Å². The molecule has 6 nitrogen and oxygen atoms in total. The van der Waals surface area contributed by atoms with Crippen molar-refractivity contribution in [2.75, 3.05) is 40.0 Å². The van der Waals surface area contributed by atoms with Crippen molar-refractivity contribution in [3.8, 4) is 0 Å². The van der Waals surface area contributed by atoms with E-state index < -0.39 is 0 Å². The fourth-order valence-corrected chi connectivity index (χ4v) is 6.71. The zero-order chi connectivity index (χ0) is 39.6. The van der Waals surface area contributed by atoms with E-state index in [1.807, 2.05) is 0 Å². The molecule has 6 heteroatoms. The molecular weight excluding hydrogens is 659 g/mol. The standard InChI is InChI=1S/C18H36O2.C17H35NO2.C12H26O/c1-3-5-7-9-11-13-15-18(20-17-19)16-14-12-10-8-6-4-2;1-2-3-4-5-6-9-13-18(15-12-17-20)14-10-7-8-11-16-19;1-3-4-5-6-7-8-9-10-11-12-13-2/h17-18H,3-16H2,1-2H3;16,20H,2-15,17H2,1H3;3-12H2,1-2H3. The van der Waals surface area contributed by atoms with Crippen LogP contribution in [0.3, 0.4) is 0 Å². The molecule has 0 amide bonds. The van der Waals surface area contributed by atoms with E-state index in [0.29, 0.717) is 12.9 Å². The first-order chi connectivity index (χ1) is 26.1. The highest BCUT2D eigenvalue weighted by Gasteiger charge is 2.09. The van der Waals surface area contributed by atoms with Crippen LogP contribution in [0, 0.1) is 0 Å². The molecule has 1 N–H and O–H groups in total. The number of methoxy groups -OCH3 is 1. The van der Waals surface area contributed by atoms with Gasteiger partial charge in [0.25, 0.3) is 6.47 Å². The lowest BCUT2D eigenvalue weighted by atomic mass is 10.0. The summed E-state index contributed by atoms with van der Waals surface area (Å²) < 4.78 is 10.2. The summed E-state index contributed by atoms with van der Waals surface area (Å²) in [6.07, 6.45) is 44.4. The van der Waals surface area contributed by atoms with Crippen molar-refractivity contribution >= 4 is 12.8 Å². The number of rotatable bonds is 42. The number of unbranched alkanes of at least 4 members (excludes halogenated alkanes) is 26. The van der Waals surface area contributed by atoms with E-state index in [0.717, 1.165) is 58.1 Å². The SMILES string of the molecule is CCCCCCCCC(CCCCCCCC)OC=O.CCCCCCCCCCCOC.CCCCCCCCN(CCCO)CCCCCC=O. The van der Waals surface area contributed by atoms with Gasteiger partial charge in [-0.05, 0) is 70.9 Å². The molecule has 0 aliphatic carbocycles. The van der Waals surface area contributed by atoms with Crippen LogP contribution in [0.15, 0.2) is 0 Å². The van der Waals surface area contributed by atoms with E-state index in [-0.39, 0.29) is 12.7 Å². The summed E-state index contributed by atoms with van der Waals surface area (Å²) in [5.41, 5.74) is 0. The topological polar surface area (TPSA) is 76.1 Å². The smallest absolute Gasteiger partial charge is 0.293 e. The molecule has 0 aromatic rings. The second kappa shape index (κ2) is 55.4. The maximum Gasteiger partial charge on any atom is 0.293 e. The summed E-state index contributed by atoms with van der Waals surface area (Å²) in [4.78, 5) is 23.3. The van der Waals surface area contributed by atoms with Gasteiger partial charge in [0.05, 0.1) is 0 Å². The summed E-state index contributed by atoms with van der Waals surface area (Å²) in [6.45, 7) is 14.2. The Kier molecular flexibility index (Phi) is 58.9. The second-order valence-electron chi connectivity index (χ2n) is 15.5. The number of aliphatic hydroxyl groups is 1. The molecule has 0 aliphatic rings. The molecule has 0 radical (unpaired) electrons. The Morgan fingerprint density at radius 1 is 0.472 bits per heavy atom.